The number of pyridine rings is 1. The van der Waals surface area contributed by atoms with Gasteiger partial charge in [-0.25, -0.2) is 0 Å². The molecule has 1 aromatic heterocycles. The van der Waals surface area contributed by atoms with Crippen LogP contribution < -0.4 is 10.9 Å². The molecule has 0 bridgehead atoms. The minimum atomic E-state index is -1.12. The maximum Gasteiger partial charge on any atom is 0.265 e. The van der Waals surface area contributed by atoms with Gasteiger partial charge >= 0.3 is 0 Å². The molecule has 0 aliphatic carbocycles. The molecule has 0 aliphatic heterocycles. The number of hydrogen-bond donors (Lipinski definition) is 4. The second-order valence-corrected chi connectivity index (χ2v) is 3.69. The second-order valence-electron chi connectivity index (χ2n) is 3.69. The van der Waals surface area contributed by atoms with Crippen molar-refractivity contribution in [3.8, 4) is 6.07 Å². The van der Waals surface area contributed by atoms with Crippen molar-refractivity contribution < 1.29 is 10.2 Å². The Labute approximate surface area is 98.5 Å². The number of aliphatic hydroxyl groups excluding tert-OH is 2. The summed E-state index contributed by atoms with van der Waals surface area (Å²) in [7, 11) is 1.74. The van der Waals surface area contributed by atoms with Crippen LogP contribution in [0.1, 0.15) is 23.7 Å². The molecule has 0 amide bonds. The predicted molar refractivity (Wildman–Crippen MR) is 61.3 cm³/mol. The molecule has 92 valence electrons. The van der Waals surface area contributed by atoms with E-state index in [4.69, 9.17) is 5.26 Å². The zero-order valence-electron chi connectivity index (χ0n) is 9.47. The molecule has 0 aliphatic rings. The van der Waals surface area contributed by atoms with Crippen molar-refractivity contribution >= 4 is 0 Å². The molecular formula is C11H15N3O3. The number of nitrogens with zero attached hydrogens (tertiary/aromatic N) is 1. The first-order valence-electron chi connectivity index (χ1n) is 5.23. The van der Waals surface area contributed by atoms with Crippen LogP contribution in [0.25, 0.3) is 0 Å². The number of nitrogens with one attached hydrogen (secondary N) is 2. The summed E-state index contributed by atoms with van der Waals surface area (Å²) in [5.74, 6) is 0. The molecule has 2 unspecified atom stereocenters. The fourth-order valence-electron chi connectivity index (χ4n) is 1.43. The number of hydrogen-bond acceptors (Lipinski definition) is 5. The lowest BCUT2D eigenvalue weighted by molar-refractivity contribution is 0.0138. The smallest absolute Gasteiger partial charge is 0.265 e. The van der Waals surface area contributed by atoms with Gasteiger partial charge in [-0.05, 0) is 26.1 Å². The quantitative estimate of drug-likeness (QED) is 0.539. The first kappa shape index (κ1) is 13.4. The Kier molecular flexibility index (Phi) is 4.84. The van der Waals surface area contributed by atoms with E-state index in [1.165, 1.54) is 12.3 Å². The van der Waals surface area contributed by atoms with Crippen molar-refractivity contribution in [3.63, 3.8) is 0 Å². The van der Waals surface area contributed by atoms with E-state index in [-0.39, 0.29) is 5.56 Å². The second kappa shape index (κ2) is 6.15. The highest BCUT2D eigenvalue weighted by Crippen LogP contribution is 2.17. The first-order chi connectivity index (χ1) is 8.10. The van der Waals surface area contributed by atoms with Crippen LogP contribution in [0.15, 0.2) is 17.1 Å². The Morgan fingerprint density at radius 2 is 2.29 bits per heavy atom. The van der Waals surface area contributed by atoms with E-state index in [0.717, 1.165) is 0 Å². The van der Waals surface area contributed by atoms with Crippen molar-refractivity contribution in [3.05, 3.63) is 33.7 Å². The lowest BCUT2D eigenvalue weighted by atomic mass is 10.0. The fourth-order valence-corrected chi connectivity index (χ4v) is 1.43. The van der Waals surface area contributed by atoms with Gasteiger partial charge in [0.2, 0.25) is 0 Å². The van der Waals surface area contributed by atoms with Gasteiger partial charge in [0.05, 0.1) is 6.10 Å². The predicted octanol–water partition coefficient (Wildman–Crippen LogP) is -0.750. The summed E-state index contributed by atoms with van der Waals surface area (Å²) in [5, 5.41) is 31.0. The summed E-state index contributed by atoms with van der Waals surface area (Å²) in [6, 6.07) is 3.01. The van der Waals surface area contributed by atoms with Gasteiger partial charge < -0.3 is 20.5 Å². The molecule has 0 saturated carbocycles. The maximum atomic E-state index is 11.1. The zero-order valence-corrected chi connectivity index (χ0v) is 9.47. The third-order valence-corrected chi connectivity index (χ3v) is 2.44. The fraction of sp³-hybridized carbons (Fsp3) is 0.455. The molecule has 6 heteroatoms. The van der Waals surface area contributed by atoms with Crippen molar-refractivity contribution in [2.45, 2.75) is 18.6 Å². The molecule has 1 aromatic rings. The van der Waals surface area contributed by atoms with Gasteiger partial charge in [-0.3, -0.25) is 4.79 Å². The molecule has 17 heavy (non-hydrogen) atoms. The third kappa shape index (κ3) is 3.39. The summed E-state index contributed by atoms with van der Waals surface area (Å²) in [6.07, 6.45) is -0.387. The summed E-state index contributed by atoms with van der Waals surface area (Å²) >= 11 is 0. The molecular weight excluding hydrogens is 222 g/mol. The van der Waals surface area contributed by atoms with Crippen LogP contribution in [0.5, 0.6) is 0 Å². The summed E-state index contributed by atoms with van der Waals surface area (Å²) in [4.78, 5) is 13.5. The zero-order chi connectivity index (χ0) is 12.8. The van der Waals surface area contributed by atoms with Gasteiger partial charge in [0.25, 0.3) is 5.56 Å². The Balaban J connectivity index is 2.86. The third-order valence-electron chi connectivity index (χ3n) is 2.44. The highest BCUT2D eigenvalue weighted by atomic mass is 16.3. The number of aliphatic hydroxyl groups is 2. The van der Waals surface area contributed by atoms with Gasteiger partial charge in [-0.2, -0.15) is 5.26 Å². The van der Waals surface area contributed by atoms with Crippen LogP contribution in [0.2, 0.25) is 0 Å². The first-order valence-corrected chi connectivity index (χ1v) is 5.23. The molecule has 1 heterocycles. The van der Waals surface area contributed by atoms with Crippen LogP contribution in [0.3, 0.4) is 0 Å². The minimum absolute atomic E-state index is 0.0811. The highest BCUT2D eigenvalue weighted by Gasteiger charge is 2.18. The molecule has 0 radical (unpaired) electrons. The lowest BCUT2D eigenvalue weighted by Gasteiger charge is -2.17. The van der Waals surface area contributed by atoms with Crippen molar-refractivity contribution in [2.75, 3.05) is 13.6 Å². The molecule has 0 spiro atoms. The van der Waals surface area contributed by atoms with Crippen molar-refractivity contribution in [2.24, 2.45) is 0 Å². The number of nitriles is 1. The Hall–Kier alpha value is -1.68. The van der Waals surface area contributed by atoms with Crippen LogP contribution in [-0.2, 0) is 0 Å². The Bertz CT molecular complexity index is 464. The maximum absolute atomic E-state index is 11.1. The molecule has 0 fully saturated rings. The standard InChI is InChI=1S/C11H15N3O3/c1-13-3-2-9(15)10(16)8-4-7(5-12)11(17)14-6-8/h4,6,9-10,13,15-16H,2-3H2,1H3,(H,14,17). The highest BCUT2D eigenvalue weighted by molar-refractivity contribution is 5.30. The average Bonchev–Trinajstić information content (AvgIpc) is 2.35. The van der Waals surface area contributed by atoms with E-state index < -0.39 is 17.8 Å². The van der Waals surface area contributed by atoms with E-state index in [2.05, 4.69) is 10.3 Å². The van der Waals surface area contributed by atoms with Gasteiger partial charge in [-0.15, -0.1) is 0 Å². The topological polar surface area (TPSA) is 109 Å². The van der Waals surface area contributed by atoms with Gasteiger partial charge in [-0.1, -0.05) is 0 Å². The van der Waals surface area contributed by atoms with Crippen LogP contribution in [0, 0.1) is 11.3 Å². The van der Waals surface area contributed by atoms with Crippen molar-refractivity contribution in [1.82, 2.24) is 10.3 Å². The Morgan fingerprint density at radius 1 is 1.59 bits per heavy atom. The SMILES string of the molecule is CNCCC(O)C(O)c1c[nH]c(=O)c(C#N)c1. The monoisotopic (exact) mass is 237 g/mol. The molecule has 2 atom stereocenters. The normalized spacial score (nSPS) is 14.0. The molecule has 0 saturated heterocycles. The molecule has 0 aromatic carbocycles. The lowest BCUT2D eigenvalue weighted by Crippen LogP contribution is -2.24. The van der Waals surface area contributed by atoms with E-state index >= 15 is 0 Å². The van der Waals surface area contributed by atoms with E-state index in [9.17, 15) is 15.0 Å². The number of rotatable bonds is 5. The van der Waals surface area contributed by atoms with Crippen LogP contribution in [0.4, 0.5) is 0 Å². The van der Waals surface area contributed by atoms with E-state index in [0.29, 0.717) is 18.5 Å². The summed E-state index contributed by atoms with van der Waals surface area (Å²) in [6.45, 7) is 0.562. The summed E-state index contributed by atoms with van der Waals surface area (Å²) in [5.41, 5.74) is -0.264. The van der Waals surface area contributed by atoms with Crippen LogP contribution in [-0.4, -0.2) is 34.9 Å². The number of aromatic nitrogens is 1. The summed E-state index contributed by atoms with van der Waals surface area (Å²) < 4.78 is 0. The number of H-pyrrole nitrogens is 1. The van der Waals surface area contributed by atoms with Gasteiger partial charge in [0.1, 0.15) is 17.7 Å². The number of aromatic amines is 1. The molecule has 4 N–H and O–H groups in total. The minimum Gasteiger partial charge on any atom is -0.390 e. The van der Waals surface area contributed by atoms with Crippen LogP contribution >= 0.6 is 0 Å². The van der Waals surface area contributed by atoms with E-state index in [1.807, 2.05) is 0 Å². The molecule has 1 rings (SSSR count). The molecule has 6 nitrogen and oxygen atoms in total. The van der Waals surface area contributed by atoms with Crippen molar-refractivity contribution in [1.29, 1.82) is 5.26 Å². The van der Waals surface area contributed by atoms with Gasteiger partial charge in [0, 0.05) is 11.8 Å². The average molecular weight is 237 g/mol. The largest absolute Gasteiger partial charge is 0.390 e. The van der Waals surface area contributed by atoms with Gasteiger partial charge in [0.15, 0.2) is 0 Å². The Morgan fingerprint density at radius 3 is 2.88 bits per heavy atom. The van der Waals surface area contributed by atoms with E-state index in [1.54, 1.807) is 13.1 Å².